The number of hydrogen-bond acceptors (Lipinski definition) is 10. The number of carbonyl (C=O) groups excluding carboxylic acids is 3. The van der Waals surface area contributed by atoms with Gasteiger partial charge in [-0.05, 0) is 80.0 Å². The number of esters is 1. The minimum Gasteiger partial charge on any atom is -0.481 e. The van der Waals surface area contributed by atoms with Crippen LogP contribution in [0.15, 0.2) is 35.9 Å². The average molecular weight is 698 g/mol. The van der Waals surface area contributed by atoms with Gasteiger partial charge in [-0.25, -0.2) is 14.4 Å². The van der Waals surface area contributed by atoms with Crippen LogP contribution < -0.4 is 20.9 Å². The first-order valence-electron chi connectivity index (χ1n) is 15.6. The Kier molecular flexibility index (Phi) is 14.6. The van der Waals surface area contributed by atoms with Crippen molar-refractivity contribution in [2.45, 2.75) is 63.5 Å². The maximum atomic E-state index is 12.7. The van der Waals surface area contributed by atoms with Crippen LogP contribution in [0.25, 0.3) is 16.5 Å². The number of nitrogens with zero attached hydrogens (tertiary/aromatic N) is 2. The van der Waals surface area contributed by atoms with Gasteiger partial charge in [-0.2, -0.15) is 5.26 Å². The Bertz CT molecular complexity index is 1610. The fraction of sp³-hybridized carbons (Fsp3) is 0.424. The molecule has 2 heterocycles. The number of methoxy groups -OCH3 is 1. The molecule has 6 N–H and O–H groups in total. The molecule has 49 heavy (non-hydrogen) atoms. The Morgan fingerprint density at radius 3 is 2.37 bits per heavy atom. The quantitative estimate of drug-likeness (QED) is 0.0571. The van der Waals surface area contributed by atoms with Gasteiger partial charge in [0.15, 0.2) is 0 Å². The number of rotatable bonds is 18. The number of anilines is 1. The van der Waals surface area contributed by atoms with Crippen molar-refractivity contribution in [3.8, 4) is 16.5 Å². The Hall–Kier alpha value is -5.43. The number of unbranched alkanes of at least 4 members (excludes halogenated alkanes) is 1. The summed E-state index contributed by atoms with van der Waals surface area (Å²) in [5.74, 6) is -4.89. The lowest BCUT2D eigenvalue weighted by atomic mass is 9.98. The molecule has 1 aliphatic rings. The molecule has 0 saturated heterocycles. The van der Waals surface area contributed by atoms with Crippen molar-refractivity contribution in [3.63, 3.8) is 0 Å². The van der Waals surface area contributed by atoms with Crippen LogP contribution in [0, 0.1) is 11.3 Å². The predicted molar refractivity (Wildman–Crippen MR) is 179 cm³/mol. The van der Waals surface area contributed by atoms with Gasteiger partial charge in [0.05, 0.1) is 13.5 Å². The van der Waals surface area contributed by atoms with E-state index in [9.17, 15) is 39.1 Å². The maximum absolute atomic E-state index is 12.7. The summed E-state index contributed by atoms with van der Waals surface area (Å²) in [6.07, 6.45) is 3.39. The maximum Gasteiger partial charge on any atom is 0.326 e. The number of urea groups is 1. The first-order chi connectivity index (χ1) is 23.4. The molecule has 0 aliphatic carbocycles. The van der Waals surface area contributed by atoms with Crippen LogP contribution in [0.4, 0.5) is 10.5 Å². The monoisotopic (exact) mass is 697 g/mol. The van der Waals surface area contributed by atoms with E-state index >= 15 is 0 Å². The zero-order chi connectivity index (χ0) is 35.9. The van der Waals surface area contributed by atoms with Gasteiger partial charge in [0, 0.05) is 41.5 Å². The number of carboxylic acids is 3. The van der Waals surface area contributed by atoms with Crippen LogP contribution in [0.2, 0.25) is 0 Å². The molecule has 0 bridgehead atoms. The lowest BCUT2D eigenvalue weighted by Gasteiger charge is -2.31. The van der Waals surface area contributed by atoms with Crippen LogP contribution in [0.1, 0.15) is 55.4 Å². The van der Waals surface area contributed by atoms with E-state index in [0.717, 1.165) is 35.5 Å². The molecule has 0 fully saturated rings. The van der Waals surface area contributed by atoms with Crippen molar-refractivity contribution in [1.82, 2.24) is 16.0 Å². The van der Waals surface area contributed by atoms with Crippen LogP contribution in [0.5, 0.6) is 0 Å². The number of nitriles is 1. The van der Waals surface area contributed by atoms with E-state index in [0.29, 0.717) is 24.3 Å². The molecule has 16 heteroatoms. The highest BCUT2D eigenvalue weighted by Gasteiger charge is 2.25. The summed E-state index contributed by atoms with van der Waals surface area (Å²) in [4.78, 5) is 73.9. The molecule has 262 valence electrons. The number of carbonyl (C=O) groups is 6. The Morgan fingerprint density at radius 1 is 1.00 bits per heavy atom. The van der Waals surface area contributed by atoms with E-state index in [4.69, 9.17) is 14.9 Å². The molecule has 1 aromatic heterocycles. The molecule has 3 rings (SSSR count). The van der Waals surface area contributed by atoms with E-state index in [1.807, 2.05) is 30.3 Å². The fourth-order valence-electron chi connectivity index (χ4n) is 5.18. The third kappa shape index (κ3) is 12.0. The number of nitrogens with one attached hydrogen (secondary N) is 3. The molecule has 0 spiro atoms. The van der Waals surface area contributed by atoms with E-state index < -0.39 is 48.4 Å². The number of carboxylic acid groups (broad SMARTS) is 3. The van der Waals surface area contributed by atoms with E-state index in [1.165, 1.54) is 30.1 Å². The largest absolute Gasteiger partial charge is 0.481 e. The number of fused-ring (bicyclic) bond motifs is 1. The molecule has 1 aromatic carbocycles. The van der Waals surface area contributed by atoms with Crippen LogP contribution >= 0.6 is 11.3 Å². The molecule has 3 amide bonds. The van der Waals surface area contributed by atoms with Gasteiger partial charge in [-0.3, -0.25) is 14.4 Å². The summed E-state index contributed by atoms with van der Waals surface area (Å²) in [6.45, 7) is 1.58. The third-order valence-corrected chi connectivity index (χ3v) is 8.81. The van der Waals surface area contributed by atoms with E-state index in [1.54, 1.807) is 0 Å². The van der Waals surface area contributed by atoms with Crippen molar-refractivity contribution in [2.24, 2.45) is 0 Å². The summed E-state index contributed by atoms with van der Waals surface area (Å²) in [6, 6.07) is 7.93. The molecule has 0 radical (unpaired) electrons. The predicted octanol–water partition coefficient (Wildman–Crippen LogP) is 2.99. The Labute approximate surface area is 286 Å². The van der Waals surface area contributed by atoms with Crippen LogP contribution in [-0.4, -0.2) is 90.0 Å². The van der Waals surface area contributed by atoms with Gasteiger partial charge >= 0.3 is 29.9 Å². The second-order valence-electron chi connectivity index (χ2n) is 11.2. The lowest BCUT2D eigenvalue weighted by molar-refractivity contribution is -0.141. The fourth-order valence-corrected chi connectivity index (χ4v) is 6.12. The van der Waals surface area contributed by atoms with E-state index in [2.05, 4.69) is 26.9 Å². The summed E-state index contributed by atoms with van der Waals surface area (Å²) in [5.41, 5.74) is 3.19. The van der Waals surface area contributed by atoms with Crippen LogP contribution in [0.3, 0.4) is 0 Å². The van der Waals surface area contributed by atoms with E-state index in [-0.39, 0.29) is 37.3 Å². The SMILES string of the molecule is COC(=O)CCN1CCCc2cc(-c3ccc(/C=C(\C#N)C(=O)NCCCC[C@H](NC(=O)N[C@@H](CCC(=O)O)C(=O)O)C(=O)O)s3)ccc21. The van der Waals surface area contributed by atoms with Gasteiger partial charge in [-0.15, -0.1) is 11.3 Å². The highest BCUT2D eigenvalue weighted by atomic mass is 32.1. The molecule has 2 aromatic rings. The molecule has 1 aliphatic heterocycles. The van der Waals surface area contributed by atoms with Crippen LogP contribution in [-0.2, 0) is 35.1 Å². The average Bonchev–Trinajstić information content (AvgIpc) is 3.55. The molecule has 0 unspecified atom stereocenters. The van der Waals surface area contributed by atoms with Crippen molar-refractivity contribution < 1.29 is 48.8 Å². The number of benzene rings is 1. The molecular weight excluding hydrogens is 658 g/mol. The lowest BCUT2D eigenvalue weighted by Crippen LogP contribution is -2.51. The minimum atomic E-state index is -1.51. The second-order valence-corrected chi connectivity index (χ2v) is 12.3. The zero-order valence-electron chi connectivity index (χ0n) is 26.9. The highest BCUT2D eigenvalue weighted by molar-refractivity contribution is 7.16. The molecular formula is C33H39N5O10S. The normalized spacial score (nSPS) is 13.6. The van der Waals surface area contributed by atoms with Gasteiger partial charge < -0.3 is 40.9 Å². The molecule has 0 saturated carbocycles. The number of hydrogen-bond donors (Lipinski definition) is 6. The summed E-state index contributed by atoms with van der Waals surface area (Å²) in [5, 5.41) is 43.8. The standard InChI is InChI=1S/C33H39N5O10S/c1-48-29(41)13-16-38-15-4-5-20-17-21(7-10-26(20)38)27-11-8-23(49-27)18-22(19-34)30(42)35-14-3-2-6-24(31(43)44)36-33(47)37-25(32(45)46)9-12-28(39)40/h7-8,10-11,17-18,24-25H,2-6,9,12-16H2,1H3,(H,35,42)(H,39,40)(H,43,44)(H,45,46)(H2,36,37,47)/b22-18+/t24-,25-/m0/s1. The number of ether oxygens (including phenoxy) is 1. The second kappa shape index (κ2) is 18.8. The molecule has 2 atom stereocenters. The number of thiophene rings is 1. The van der Waals surface area contributed by atoms with Crippen molar-refractivity contribution in [3.05, 3.63) is 46.3 Å². The number of amides is 3. The summed E-state index contributed by atoms with van der Waals surface area (Å²) in [7, 11) is 1.38. The minimum absolute atomic E-state index is 0.0291. The topological polar surface area (TPSA) is 235 Å². The third-order valence-electron chi connectivity index (χ3n) is 7.73. The summed E-state index contributed by atoms with van der Waals surface area (Å²) >= 11 is 1.43. The Balaban J connectivity index is 1.50. The van der Waals surface area contributed by atoms with Crippen molar-refractivity contribution in [1.29, 1.82) is 5.26 Å². The van der Waals surface area contributed by atoms with Crippen molar-refractivity contribution in [2.75, 3.05) is 31.6 Å². The summed E-state index contributed by atoms with van der Waals surface area (Å²) < 4.78 is 4.77. The zero-order valence-corrected chi connectivity index (χ0v) is 27.7. The van der Waals surface area contributed by atoms with Gasteiger partial charge in [0.1, 0.15) is 23.7 Å². The number of aryl methyl sites for hydroxylation is 1. The van der Waals surface area contributed by atoms with Gasteiger partial charge in [-0.1, -0.05) is 6.07 Å². The molecule has 15 nitrogen and oxygen atoms in total. The first-order valence-corrected chi connectivity index (χ1v) is 16.4. The Morgan fingerprint density at radius 2 is 1.71 bits per heavy atom. The van der Waals surface area contributed by atoms with Gasteiger partial charge in [0.25, 0.3) is 5.91 Å². The highest BCUT2D eigenvalue weighted by Crippen LogP contribution is 2.35. The number of aliphatic carboxylic acids is 3. The smallest absolute Gasteiger partial charge is 0.326 e. The van der Waals surface area contributed by atoms with Crippen molar-refractivity contribution >= 4 is 58.9 Å². The van der Waals surface area contributed by atoms with Gasteiger partial charge in [0.2, 0.25) is 0 Å². The first kappa shape index (κ1) is 38.0.